The predicted octanol–water partition coefficient (Wildman–Crippen LogP) is 1.82. The predicted molar refractivity (Wildman–Crippen MR) is 51.1 cm³/mol. The van der Waals surface area contributed by atoms with Crippen LogP contribution in [0.2, 0.25) is 0 Å². The number of aromatic nitrogens is 2. The zero-order valence-electron chi connectivity index (χ0n) is 8.26. The van der Waals surface area contributed by atoms with Crippen molar-refractivity contribution >= 4 is 5.82 Å². The van der Waals surface area contributed by atoms with Crippen LogP contribution >= 0.6 is 0 Å². The molecule has 0 aliphatic rings. The maximum absolute atomic E-state index is 5.80. The van der Waals surface area contributed by atoms with Crippen LogP contribution in [0.4, 0.5) is 5.82 Å². The van der Waals surface area contributed by atoms with Crippen LogP contribution < -0.4 is 5.73 Å². The Hall–Kier alpha value is -0.990. The summed E-state index contributed by atoms with van der Waals surface area (Å²) in [6.45, 7) is 6.37. The van der Waals surface area contributed by atoms with Gasteiger partial charge in [0.2, 0.25) is 0 Å². The zero-order valence-corrected chi connectivity index (χ0v) is 8.26. The van der Waals surface area contributed by atoms with Gasteiger partial charge in [0, 0.05) is 18.5 Å². The third-order valence-electron chi connectivity index (χ3n) is 2.45. The second kappa shape index (κ2) is 3.17. The van der Waals surface area contributed by atoms with Crippen molar-refractivity contribution < 1.29 is 0 Å². The summed E-state index contributed by atoms with van der Waals surface area (Å²) in [4.78, 5) is 0. The maximum Gasteiger partial charge on any atom is 0.124 e. The van der Waals surface area contributed by atoms with Gasteiger partial charge < -0.3 is 5.73 Å². The van der Waals surface area contributed by atoms with Crippen molar-refractivity contribution in [2.24, 2.45) is 7.05 Å². The lowest BCUT2D eigenvalue weighted by molar-refractivity contribution is 0.666. The maximum atomic E-state index is 5.80. The summed E-state index contributed by atoms with van der Waals surface area (Å²) in [7, 11) is 1.88. The van der Waals surface area contributed by atoms with Crippen LogP contribution in [0.5, 0.6) is 0 Å². The topological polar surface area (TPSA) is 43.8 Å². The molecule has 2 N–H and O–H groups in total. The monoisotopic (exact) mass is 167 g/mol. The van der Waals surface area contributed by atoms with E-state index in [0.29, 0.717) is 5.92 Å². The van der Waals surface area contributed by atoms with Crippen molar-refractivity contribution in [3.8, 4) is 0 Å². The summed E-state index contributed by atoms with van der Waals surface area (Å²) >= 11 is 0. The fraction of sp³-hybridized carbons (Fsp3) is 0.667. The highest BCUT2D eigenvalue weighted by Crippen LogP contribution is 2.24. The van der Waals surface area contributed by atoms with Gasteiger partial charge in [-0.05, 0) is 13.3 Å². The summed E-state index contributed by atoms with van der Waals surface area (Å²) in [5, 5.41) is 4.37. The number of rotatable bonds is 2. The SMILES string of the molecule is CCC(C)c1nn(C)c(N)c1C. The number of nitrogen functional groups attached to an aromatic ring is 1. The molecule has 1 atom stereocenters. The van der Waals surface area contributed by atoms with Crippen molar-refractivity contribution in [3.05, 3.63) is 11.3 Å². The Bertz CT molecular complexity index is 276. The molecular formula is C9H17N3. The smallest absolute Gasteiger partial charge is 0.124 e. The standard InChI is InChI=1S/C9H17N3/c1-5-6(2)8-7(3)9(10)12(4)11-8/h6H,5,10H2,1-4H3. The lowest BCUT2D eigenvalue weighted by atomic mass is 10.0. The van der Waals surface area contributed by atoms with E-state index in [4.69, 9.17) is 5.73 Å². The number of aryl methyl sites for hydroxylation is 1. The molecule has 3 nitrogen and oxygen atoms in total. The minimum Gasteiger partial charge on any atom is -0.384 e. The first-order chi connectivity index (χ1) is 5.57. The molecule has 1 unspecified atom stereocenters. The molecule has 0 bridgehead atoms. The third-order valence-corrected chi connectivity index (χ3v) is 2.45. The summed E-state index contributed by atoms with van der Waals surface area (Å²) in [5.41, 5.74) is 8.06. The highest BCUT2D eigenvalue weighted by Gasteiger charge is 2.13. The molecular weight excluding hydrogens is 150 g/mol. The van der Waals surface area contributed by atoms with Crippen LogP contribution in [0.15, 0.2) is 0 Å². The first-order valence-electron chi connectivity index (χ1n) is 4.36. The molecule has 0 amide bonds. The Labute approximate surface area is 73.6 Å². The third kappa shape index (κ3) is 1.31. The molecule has 1 aromatic rings. The van der Waals surface area contributed by atoms with Crippen LogP contribution in [0.1, 0.15) is 37.4 Å². The largest absolute Gasteiger partial charge is 0.384 e. The normalized spacial score (nSPS) is 13.3. The van der Waals surface area contributed by atoms with Crippen LogP contribution in [-0.2, 0) is 7.05 Å². The van der Waals surface area contributed by atoms with E-state index in [0.717, 1.165) is 23.5 Å². The van der Waals surface area contributed by atoms with E-state index in [1.54, 1.807) is 4.68 Å². The van der Waals surface area contributed by atoms with Gasteiger partial charge in [0.1, 0.15) is 5.82 Å². The Morgan fingerprint density at radius 3 is 2.50 bits per heavy atom. The summed E-state index contributed by atoms with van der Waals surface area (Å²) in [5.74, 6) is 1.29. The van der Waals surface area contributed by atoms with Crippen LogP contribution in [0.3, 0.4) is 0 Å². The Balaban J connectivity index is 3.08. The summed E-state index contributed by atoms with van der Waals surface area (Å²) < 4.78 is 1.75. The minimum atomic E-state index is 0.508. The van der Waals surface area contributed by atoms with Gasteiger partial charge in [0.05, 0.1) is 5.69 Å². The average molecular weight is 167 g/mol. The molecule has 1 heterocycles. The van der Waals surface area contributed by atoms with E-state index in [1.165, 1.54) is 0 Å². The Morgan fingerprint density at radius 1 is 1.58 bits per heavy atom. The number of hydrogen-bond donors (Lipinski definition) is 1. The number of nitrogens with two attached hydrogens (primary N) is 1. The van der Waals surface area contributed by atoms with Crippen molar-refractivity contribution in [3.63, 3.8) is 0 Å². The van der Waals surface area contributed by atoms with Gasteiger partial charge in [-0.1, -0.05) is 13.8 Å². The molecule has 0 aliphatic carbocycles. The van der Waals surface area contributed by atoms with Gasteiger partial charge >= 0.3 is 0 Å². The minimum absolute atomic E-state index is 0.508. The fourth-order valence-electron chi connectivity index (χ4n) is 1.33. The van der Waals surface area contributed by atoms with Crippen molar-refractivity contribution in [2.75, 3.05) is 5.73 Å². The van der Waals surface area contributed by atoms with Crippen molar-refractivity contribution in [2.45, 2.75) is 33.1 Å². The van der Waals surface area contributed by atoms with Crippen molar-refractivity contribution in [1.29, 1.82) is 0 Å². The Morgan fingerprint density at radius 2 is 2.17 bits per heavy atom. The molecule has 0 aliphatic heterocycles. The van der Waals surface area contributed by atoms with E-state index >= 15 is 0 Å². The zero-order chi connectivity index (χ0) is 9.30. The Kier molecular flexibility index (Phi) is 2.40. The number of hydrogen-bond acceptors (Lipinski definition) is 2. The molecule has 0 saturated carbocycles. The molecule has 0 radical (unpaired) electrons. The lowest BCUT2D eigenvalue weighted by Crippen LogP contribution is -1.98. The lowest BCUT2D eigenvalue weighted by Gasteiger charge is -2.04. The van der Waals surface area contributed by atoms with Gasteiger partial charge in [-0.25, -0.2) is 0 Å². The van der Waals surface area contributed by atoms with Gasteiger partial charge in [-0.15, -0.1) is 0 Å². The second-order valence-electron chi connectivity index (χ2n) is 3.33. The van der Waals surface area contributed by atoms with Gasteiger partial charge in [0.25, 0.3) is 0 Å². The molecule has 1 aromatic heterocycles. The van der Waals surface area contributed by atoms with Crippen molar-refractivity contribution in [1.82, 2.24) is 9.78 Å². The quantitative estimate of drug-likeness (QED) is 0.730. The average Bonchev–Trinajstić information content (AvgIpc) is 2.32. The first-order valence-corrected chi connectivity index (χ1v) is 4.36. The van der Waals surface area contributed by atoms with Crippen LogP contribution in [0, 0.1) is 6.92 Å². The van der Waals surface area contributed by atoms with E-state index in [9.17, 15) is 0 Å². The van der Waals surface area contributed by atoms with E-state index < -0.39 is 0 Å². The number of nitrogens with zero attached hydrogens (tertiary/aromatic N) is 2. The molecule has 0 saturated heterocycles. The number of anilines is 1. The van der Waals surface area contributed by atoms with Crippen LogP contribution in [0.25, 0.3) is 0 Å². The molecule has 68 valence electrons. The van der Waals surface area contributed by atoms with Gasteiger partial charge in [-0.2, -0.15) is 5.10 Å². The highest BCUT2D eigenvalue weighted by molar-refractivity contribution is 5.43. The second-order valence-corrected chi connectivity index (χ2v) is 3.33. The molecule has 0 fully saturated rings. The van der Waals surface area contributed by atoms with Crippen LogP contribution in [-0.4, -0.2) is 9.78 Å². The summed E-state index contributed by atoms with van der Waals surface area (Å²) in [6, 6.07) is 0. The fourth-order valence-corrected chi connectivity index (χ4v) is 1.33. The molecule has 1 rings (SSSR count). The van der Waals surface area contributed by atoms with Gasteiger partial charge in [0.15, 0.2) is 0 Å². The van der Waals surface area contributed by atoms with E-state index in [-0.39, 0.29) is 0 Å². The van der Waals surface area contributed by atoms with Gasteiger partial charge in [-0.3, -0.25) is 4.68 Å². The first kappa shape index (κ1) is 9.10. The molecule has 12 heavy (non-hydrogen) atoms. The molecule has 0 aromatic carbocycles. The summed E-state index contributed by atoms with van der Waals surface area (Å²) in [6.07, 6.45) is 1.11. The molecule has 3 heteroatoms. The molecule has 0 spiro atoms. The van der Waals surface area contributed by atoms with E-state index in [1.807, 2.05) is 14.0 Å². The highest BCUT2D eigenvalue weighted by atomic mass is 15.3. The van der Waals surface area contributed by atoms with E-state index in [2.05, 4.69) is 18.9 Å².